The second-order valence-corrected chi connectivity index (χ2v) is 6.78. The minimum atomic E-state index is -0.209. The maximum atomic E-state index is 13.3. The summed E-state index contributed by atoms with van der Waals surface area (Å²) < 4.78 is 0. The molecule has 3 aliphatic carbocycles. The van der Waals surface area contributed by atoms with E-state index in [1.807, 2.05) is 24.3 Å². The number of fused-ring (bicyclic) bond motifs is 2. The monoisotopic (exact) mass is 380 g/mol. The maximum absolute atomic E-state index is 13.3. The van der Waals surface area contributed by atoms with E-state index in [-0.39, 0.29) is 11.6 Å². The average Bonchev–Trinajstić information content (AvgIpc) is 3.48. The number of rotatable bonds is 0. The van der Waals surface area contributed by atoms with Crippen LogP contribution >= 0.6 is 0 Å². The van der Waals surface area contributed by atoms with Gasteiger partial charge in [0.15, 0.2) is 11.6 Å². The molecule has 0 aromatic heterocycles. The van der Waals surface area contributed by atoms with Crippen LogP contribution in [0, 0.1) is 23.7 Å². The van der Waals surface area contributed by atoms with Crippen LogP contribution in [0.5, 0.6) is 0 Å². The Labute approximate surface area is 173 Å². The fourth-order valence-electron chi connectivity index (χ4n) is 3.54. The summed E-state index contributed by atoms with van der Waals surface area (Å²) in [6.45, 7) is 0. The Morgan fingerprint density at radius 1 is 0.600 bits per heavy atom. The third-order valence-electron chi connectivity index (χ3n) is 4.93. The second-order valence-electron chi connectivity index (χ2n) is 6.78. The predicted octanol–water partition coefficient (Wildman–Crippen LogP) is 4.47. The smallest absolute Gasteiger partial charge is 0.195 e. The van der Waals surface area contributed by atoms with Crippen LogP contribution < -0.4 is 0 Å². The Bertz CT molecular complexity index is 1370. The van der Waals surface area contributed by atoms with Crippen molar-refractivity contribution in [3.05, 3.63) is 129 Å². The zero-order valence-corrected chi connectivity index (χ0v) is 15.7. The summed E-state index contributed by atoms with van der Waals surface area (Å²) in [5.41, 5.74) is 10.0. The summed E-state index contributed by atoms with van der Waals surface area (Å²) in [5, 5.41) is 0. The molecule has 136 valence electrons. The first-order valence-corrected chi connectivity index (χ1v) is 9.38. The summed E-state index contributed by atoms with van der Waals surface area (Å²) in [5.74, 6) is 11.6. The van der Waals surface area contributed by atoms with Crippen molar-refractivity contribution in [2.75, 3.05) is 0 Å². The third-order valence-corrected chi connectivity index (χ3v) is 4.93. The van der Waals surface area contributed by atoms with Gasteiger partial charge in [-0.25, -0.2) is 0 Å². The lowest BCUT2D eigenvalue weighted by atomic mass is 9.80. The van der Waals surface area contributed by atoms with Gasteiger partial charge in [-0.15, -0.1) is 11.5 Å². The summed E-state index contributed by atoms with van der Waals surface area (Å²) in [6, 6.07) is 10.4. The number of carbonyl (C=O) groups excluding carboxylic acids is 2. The van der Waals surface area contributed by atoms with Crippen LogP contribution in [0.2, 0.25) is 0 Å². The molecule has 0 N–H and O–H groups in total. The third kappa shape index (κ3) is 2.93. The molecule has 2 aromatic rings. The lowest BCUT2D eigenvalue weighted by Gasteiger charge is -2.19. The molecular formula is C28H12O2. The van der Waals surface area contributed by atoms with Crippen LogP contribution in [0.25, 0.3) is 0 Å². The molecule has 0 fully saturated rings. The Balaban J connectivity index is 1.63. The normalized spacial score (nSPS) is 14.4. The van der Waals surface area contributed by atoms with E-state index < -0.39 is 0 Å². The van der Waals surface area contributed by atoms with Crippen molar-refractivity contribution in [3.63, 3.8) is 0 Å². The maximum Gasteiger partial charge on any atom is 0.195 e. The number of hydrogen-bond acceptors (Lipinski definition) is 2. The van der Waals surface area contributed by atoms with Gasteiger partial charge in [0.1, 0.15) is 0 Å². The average molecular weight is 380 g/mol. The standard InChI is InChI=1S/C28H12O2/c29-27-24-14-6-12-22(18-16-20-9-3-4-10-20)26(24)28(30)23-13-5-11-21(25(23)27)17-15-19-7-1-2-8-19/h1-7,9,11-14H. The molecule has 0 unspecified atom stereocenters. The molecule has 0 atom stereocenters. The molecule has 2 heteroatoms. The Morgan fingerprint density at radius 3 is 1.47 bits per heavy atom. The fourth-order valence-corrected chi connectivity index (χ4v) is 3.54. The number of allylic oxidation sites excluding steroid dienone is 6. The first kappa shape index (κ1) is 17.5. The van der Waals surface area contributed by atoms with Gasteiger partial charge in [-0.05, 0) is 36.4 Å². The van der Waals surface area contributed by atoms with E-state index in [9.17, 15) is 9.59 Å². The van der Waals surface area contributed by atoms with E-state index in [1.54, 1.807) is 48.6 Å². The van der Waals surface area contributed by atoms with Gasteiger partial charge in [0.25, 0.3) is 0 Å². The van der Waals surface area contributed by atoms with Crippen LogP contribution in [-0.4, -0.2) is 11.6 Å². The van der Waals surface area contributed by atoms with Crippen molar-refractivity contribution in [1.29, 1.82) is 0 Å². The van der Waals surface area contributed by atoms with E-state index in [1.165, 1.54) is 0 Å². The summed E-state index contributed by atoms with van der Waals surface area (Å²) in [6.07, 6.45) is 11.0. The molecule has 0 saturated heterocycles. The van der Waals surface area contributed by atoms with Gasteiger partial charge >= 0.3 is 0 Å². The minimum Gasteiger partial charge on any atom is -0.289 e. The molecule has 30 heavy (non-hydrogen) atoms. The lowest BCUT2D eigenvalue weighted by molar-refractivity contribution is 0.0978. The number of hydrogen-bond donors (Lipinski definition) is 0. The Hall–Kier alpha value is -4.58. The van der Waals surface area contributed by atoms with Crippen LogP contribution in [0.1, 0.15) is 43.0 Å². The number of ketones is 2. The molecule has 2 aromatic carbocycles. The predicted molar refractivity (Wildman–Crippen MR) is 115 cm³/mol. The van der Waals surface area contributed by atoms with E-state index in [0.29, 0.717) is 33.4 Å². The summed E-state index contributed by atoms with van der Waals surface area (Å²) in [7, 11) is 0. The molecule has 5 rings (SSSR count). The quantitative estimate of drug-likeness (QED) is 0.426. The minimum absolute atomic E-state index is 0.209. The van der Waals surface area contributed by atoms with Crippen molar-refractivity contribution in [1.82, 2.24) is 0 Å². The van der Waals surface area contributed by atoms with Crippen molar-refractivity contribution in [3.8, 4) is 23.7 Å². The van der Waals surface area contributed by atoms with E-state index in [2.05, 4.69) is 35.1 Å². The first-order valence-electron chi connectivity index (χ1n) is 9.38. The SMILES string of the molecule is O=C1c2cccc(C#CC3=C=CC=C3)c2C(=O)c2cccc(C#CC3=C=CC=C3)c21. The van der Waals surface area contributed by atoms with E-state index in [0.717, 1.165) is 11.1 Å². The molecule has 3 aliphatic rings. The van der Waals surface area contributed by atoms with Crippen molar-refractivity contribution >= 4 is 11.6 Å². The summed E-state index contributed by atoms with van der Waals surface area (Å²) >= 11 is 0. The van der Waals surface area contributed by atoms with E-state index >= 15 is 0 Å². The van der Waals surface area contributed by atoms with Gasteiger partial charge in [-0.2, -0.15) is 0 Å². The van der Waals surface area contributed by atoms with Crippen LogP contribution in [0.3, 0.4) is 0 Å². The first-order chi connectivity index (χ1) is 14.7. The van der Waals surface area contributed by atoms with Crippen LogP contribution in [0.4, 0.5) is 0 Å². The molecule has 0 amide bonds. The highest BCUT2D eigenvalue weighted by atomic mass is 16.1. The molecule has 0 spiro atoms. The number of benzene rings is 2. The van der Waals surface area contributed by atoms with Crippen LogP contribution in [-0.2, 0) is 0 Å². The molecule has 0 radical (unpaired) electrons. The number of carbonyl (C=O) groups is 2. The highest BCUT2D eigenvalue weighted by molar-refractivity contribution is 6.29. The molecule has 0 bridgehead atoms. The molecule has 2 nitrogen and oxygen atoms in total. The summed E-state index contributed by atoms with van der Waals surface area (Å²) in [4.78, 5) is 26.7. The highest BCUT2D eigenvalue weighted by Gasteiger charge is 2.32. The Kier molecular flexibility index (Phi) is 4.15. The van der Waals surface area contributed by atoms with Gasteiger partial charge < -0.3 is 0 Å². The molecule has 0 heterocycles. The fraction of sp³-hybridized carbons (Fsp3) is 0. The largest absolute Gasteiger partial charge is 0.289 e. The van der Waals surface area contributed by atoms with Gasteiger partial charge in [0, 0.05) is 33.4 Å². The molecular weight excluding hydrogens is 368 g/mol. The zero-order chi connectivity index (χ0) is 20.5. The topological polar surface area (TPSA) is 34.1 Å². The van der Waals surface area contributed by atoms with Crippen molar-refractivity contribution < 1.29 is 9.59 Å². The van der Waals surface area contributed by atoms with E-state index in [4.69, 9.17) is 0 Å². The highest BCUT2D eigenvalue weighted by Crippen LogP contribution is 2.31. The van der Waals surface area contributed by atoms with Crippen molar-refractivity contribution in [2.24, 2.45) is 0 Å². The van der Waals surface area contributed by atoms with Gasteiger partial charge in [0.05, 0.1) is 11.1 Å². The zero-order valence-electron chi connectivity index (χ0n) is 15.7. The van der Waals surface area contributed by atoms with Crippen LogP contribution in [0.15, 0.2) is 95.5 Å². The van der Waals surface area contributed by atoms with Gasteiger partial charge in [0.2, 0.25) is 0 Å². The van der Waals surface area contributed by atoms with Crippen molar-refractivity contribution in [2.45, 2.75) is 0 Å². The van der Waals surface area contributed by atoms with Gasteiger partial charge in [-0.1, -0.05) is 60.1 Å². The second kappa shape index (κ2) is 7.10. The Morgan fingerprint density at radius 2 is 1.07 bits per heavy atom. The molecule has 0 aliphatic heterocycles. The van der Waals surface area contributed by atoms with Gasteiger partial charge in [-0.3, -0.25) is 9.59 Å². The molecule has 0 saturated carbocycles. The lowest BCUT2D eigenvalue weighted by Crippen LogP contribution is -2.23.